The lowest BCUT2D eigenvalue weighted by molar-refractivity contribution is 0.0498. The van der Waals surface area contributed by atoms with Gasteiger partial charge in [-0.2, -0.15) is 10.2 Å². The number of carbonyl (C=O) groups is 1. The van der Waals surface area contributed by atoms with Crippen LogP contribution in [0.1, 0.15) is 42.0 Å². The standard InChI is InChI=1S/C16H21N5O2/c1-2-21-8-7-17-15(21)14(12-4-9-23-10-5-12)20-16(22)13-3-6-18-19-11-13/h3,6-8,11-12,14H,2,4-5,9-10H2,1H3,(H,20,22)/t14-/m0/s1. The van der Waals surface area contributed by atoms with Crippen molar-refractivity contribution in [1.29, 1.82) is 0 Å². The highest BCUT2D eigenvalue weighted by Crippen LogP contribution is 2.29. The minimum atomic E-state index is -0.151. The lowest BCUT2D eigenvalue weighted by Crippen LogP contribution is -2.37. The number of hydrogen-bond acceptors (Lipinski definition) is 5. The average molecular weight is 315 g/mol. The third-order valence-corrected chi connectivity index (χ3v) is 4.24. The average Bonchev–Trinajstić information content (AvgIpc) is 3.09. The molecule has 23 heavy (non-hydrogen) atoms. The SMILES string of the molecule is CCn1ccnc1[C@@H](NC(=O)c1ccnnc1)C1CCOCC1. The van der Waals surface area contributed by atoms with Crippen LogP contribution in [0.4, 0.5) is 0 Å². The van der Waals surface area contributed by atoms with Crippen molar-refractivity contribution in [2.45, 2.75) is 32.4 Å². The van der Waals surface area contributed by atoms with Crippen LogP contribution in [-0.2, 0) is 11.3 Å². The Morgan fingerprint density at radius 2 is 2.22 bits per heavy atom. The van der Waals surface area contributed by atoms with Crippen LogP contribution in [-0.4, -0.2) is 38.9 Å². The van der Waals surface area contributed by atoms with Crippen LogP contribution in [0.3, 0.4) is 0 Å². The second-order valence-electron chi connectivity index (χ2n) is 5.60. The first-order valence-corrected chi connectivity index (χ1v) is 7.96. The Hall–Kier alpha value is -2.28. The van der Waals surface area contributed by atoms with Crippen molar-refractivity contribution in [2.24, 2.45) is 5.92 Å². The van der Waals surface area contributed by atoms with Crippen molar-refractivity contribution in [3.8, 4) is 0 Å². The Morgan fingerprint density at radius 1 is 1.39 bits per heavy atom. The molecular formula is C16H21N5O2. The lowest BCUT2D eigenvalue weighted by atomic mass is 9.90. The summed E-state index contributed by atoms with van der Waals surface area (Å²) in [6.45, 7) is 4.34. The van der Waals surface area contributed by atoms with Crippen LogP contribution in [0.25, 0.3) is 0 Å². The van der Waals surface area contributed by atoms with Gasteiger partial charge in [-0.25, -0.2) is 4.98 Å². The molecule has 2 aromatic rings. The lowest BCUT2D eigenvalue weighted by Gasteiger charge is -2.30. The highest BCUT2D eigenvalue weighted by atomic mass is 16.5. The van der Waals surface area contributed by atoms with Crippen LogP contribution in [0.2, 0.25) is 0 Å². The number of rotatable bonds is 5. The van der Waals surface area contributed by atoms with Crippen molar-refractivity contribution in [3.05, 3.63) is 42.2 Å². The van der Waals surface area contributed by atoms with Crippen molar-refractivity contribution in [1.82, 2.24) is 25.1 Å². The Kier molecular flexibility index (Phi) is 4.97. The molecule has 1 atom stereocenters. The first-order valence-electron chi connectivity index (χ1n) is 7.96. The van der Waals surface area contributed by atoms with Crippen molar-refractivity contribution < 1.29 is 9.53 Å². The Morgan fingerprint density at radius 3 is 2.91 bits per heavy atom. The van der Waals surface area contributed by atoms with Crippen LogP contribution in [0.5, 0.6) is 0 Å². The number of ether oxygens (including phenoxy) is 1. The fourth-order valence-corrected chi connectivity index (χ4v) is 2.96. The number of carbonyl (C=O) groups excluding carboxylic acids is 1. The normalized spacial score (nSPS) is 16.9. The number of hydrogen-bond donors (Lipinski definition) is 1. The van der Waals surface area contributed by atoms with Crippen LogP contribution in [0.15, 0.2) is 30.9 Å². The molecule has 0 radical (unpaired) electrons. The van der Waals surface area contributed by atoms with E-state index in [4.69, 9.17) is 4.74 Å². The first-order chi connectivity index (χ1) is 11.3. The molecule has 0 bridgehead atoms. The van der Waals surface area contributed by atoms with Crippen LogP contribution in [0, 0.1) is 5.92 Å². The maximum atomic E-state index is 12.5. The summed E-state index contributed by atoms with van der Waals surface area (Å²) < 4.78 is 7.53. The summed E-state index contributed by atoms with van der Waals surface area (Å²) in [4.78, 5) is 17.0. The van der Waals surface area contributed by atoms with E-state index in [1.807, 2.05) is 6.20 Å². The van der Waals surface area contributed by atoms with Crippen LogP contribution >= 0.6 is 0 Å². The molecule has 1 fully saturated rings. The topological polar surface area (TPSA) is 81.9 Å². The van der Waals surface area contributed by atoms with E-state index in [2.05, 4.69) is 32.0 Å². The fraction of sp³-hybridized carbons (Fsp3) is 0.500. The molecule has 0 spiro atoms. The van der Waals surface area contributed by atoms with E-state index >= 15 is 0 Å². The van der Waals surface area contributed by atoms with Gasteiger partial charge in [0.2, 0.25) is 0 Å². The molecule has 1 amide bonds. The van der Waals surface area contributed by atoms with Gasteiger partial charge in [-0.3, -0.25) is 4.79 Å². The van der Waals surface area contributed by atoms with Gasteiger partial charge in [0.1, 0.15) is 5.82 Å². The second-order valence-corrected chi connectivity index (χ2v) is 5.60. The van der Waals surface area contributed by atoms with Gasteiger partial charge < -0.3 is 14.6 Å². The van der Waals surface area contributed by atoms with Gasteiger partial charge in [0.25, 0.3) is 5.91 Å². The Bertz CT molecular complexity index is 637. The third kappa shape index (κ3) is 3.56. The van der Waals surface area contributed by atoms with E-state index in [0.29, 0.717) is 11.5 Å². The molecule has 1 aliphatic rings. The second kappa shape index (κ2) is 7.32. The van der Waals surface area contributed by atoms with E-state index in [1.54, 1.807) is 12.3 Å². The van der Waals surface area contributed by atoms with Crippen molar-refractivity contribution in [3.63, 3.8) is 0 Å². The Labute approximate surface area is 135 Å². The Balaban J connectivity index is 1.84. The fourth-order valence-electron chi connectivity index (χ4n) is 2.96. The van der Waals surface area contributed by atoms with E-state index < -0.39 is 0 Å². The van der Waals surface area contributed by atoms with E-state index in [1.165, 1.54) is 12.4 Å². The molecule has 7 heteroatoms. The van der Waals surface area contributed by atoms with Crippen molar-refractivity contribution in [2.75, 3.05) is 13.2 Å². The number of nitrogens with one attached hydrogen (secondary N) is 1. The minimum absolute atomic E-state index is 0.130. The number of aryl methyl sites for hydroxylation is 1. The summed E-state index contributed by atoms with van der Waals surface area (Å²) in [6.07, 6.45) is 8.55. The molecule has 0 saturated carbocycles. The predicted molar refractivity (Wildman–Crippen MR) is 83.7 cm³/mol. The molecule has 7 nitrogen and oxygen atoms in total. The highest BCUT2D eigenvalue weighted by molar-refractivity contribution is 5.93. The number of imidazole rings is 1. The molecule has 1 aliphatic heterocycles. The van der Waals surface area contributed by atoms with Crippen LogP contribution < -0.4 is 5.32 Å². The zero-order valence-electron chi connectivity index (χ0n) is 13.2. The summed E-state index contributed by atoms with van der Waals surface area (Å²) in [5, 5.41) is 10.6. The third-order valence-electron chi connectivity index (χ3n) is 4.24. The maximum absolute atomic E-state index is 12.5. The van der Waals surface area contributed by atoms with E-state index in [-0.39, 0.29) is 11.9 Å². The van der Waals surface area contributed by atoms with E-state index in [0.717, 1.165) is 38.4 Å². The molecule has 0 aromatic carbocycles. The van der Waals surface area contributed by atoms with Gasteiger partial charge in [0, 0.05) is 32.2 Å². The monoisotopic (exact) mass is 315 g/mol. The highest BCUT2D eigenvalue weighted by Gasteiger charge is 2.30. The summed E-state index contributed by atoms with van der Waals surface area (Å²) in [5.41, 5.74) is 0.506. The molecule has 122 valence electrons. The molecular weight excluding hydrogens is 294 g/mol. The van der Waals surface area contributed by atoms with Crippen molar-refractivity contribution >= 4 is 5.91 Å². The predicted octanol–water partition coefficient (Wildman–Crippen LogP) is 1.59. The molecule has 3 rings (SSSR count). The van der Waals surface area contributed by atoms with E-state index in [9.17, 15) is 4.79 Å². The molecule has 0 unspecified atom stereocenters. The van der Waals surface area contributed by atoms with Gasteiger partial charge in [0.05, 0.1) is 24.0 Å². The number of aromatic nitrogens is 4. The zero-order chi connectivity index (χ0) is 16.1. The summed E-state index contributed by atoms with van der Waals surface area (Å²) >= 11 is 0. The number of amides is 1. The van der Waals surface area contributed by atoms with Gasteiger partial charge in [-0.15, -0.1) is 0 Å². The molecule has 2 aromatic heterocycles. The maximum Gasteiger partial charge on any atom is 0.253 e. The molecule has 1 N–H and O–H groups in total. The summed E-state index contributed by atoms with van der Waals surface area (Å²) in [7, 11) is 0. The van der Waals surface area contributed by atoms with Gasteiger partial charge in [0.15, 0.2) is 0 Å². The van der Waals surface area contributed by atoms with Gasteiger partial charge >= 0.3 is 0 Å². The first kappa shape index (κ1) is 15.6. The summed E-state index contributed by atoms with van der Waals surface area (Å²) in [6, 6.07) is 1.53. The molecule has 1 saturated heterocycles. The number of nitrogens with zero attached hydrogens (tertiary/aromatic N) is 4. The zero-order valence-corrected chi connectivity index (χ0v) is 13.2. The smallest absolute Gasteiger partial charge is 0.253 e. The molecule has 0 aliphatic carbocycles. The summed E-state index contributed by atoms with van der Waals surface area (Å²) in [5.74, 6) is 1.06. The van der Waals surface area contributed by atoms with Gasteiger partial charge in [-0.1, -0.05) is 0 Å². The minimum Gasteiger partial charge on any atom is -0.381 e. The van der Waals surface area contributed by atoms with Gasteiger partial charge in [-0.05, 0) is 31.7 Å². The molecule has 3 heterocycles. The largest absolute Gasteiger partial charge is 0.381 e. The quantitative estimate of drug-likeness (QED) is 0.906.